The first-order valence-electron chi connectivity index (χ1n) is 9.00. The second-order valence-electron chi connectivity index (χ2n) is 7.27. The quantitative estimate of drug-likeness (QED) is 0.820. The lowest BCUT2D eigenvalue weighted by Crippen LogP contribution is -2.40. The molecule has 0 aliphatic carbocycles. The number of hydrogen-bond acceptors (Lipinski definition) is 6. The Labute approximate surface area is 153 Å². The number of ether oxygens (including phenoxy) is 2. The van der Waals surface area contributed by atoms with Crippen molar-refractivity contribution in [1.29, 1.82) is 0 Å². The van der Waals surface area contributed by atoms with E-state index < -0.39 is 0 Å². The predicted octanol–water partition coefficient (Wildman–Crippen LogP) is 3.30. The summed E-state index contributed by atoms with van der Waals surface area (Å²) in [6, 6.07) is 5.73. The van der Waals surface area contributed by atoms with Crippen molar-refractivity contribution < 1.29 is 9.47 Å². The number of nitrogens with zero attached hydrogens (tertiary/aromatic N) is 3. The Morgan fingerprint density at radius 1 is 1.36 bits per heavy atom. The molecule has 2 aromatic heterocycles. The van der Waals surface area contributed by atoms with E-state index in [0.717, 1.165) is 38.4 Å². The molecule has 4 heterocycles. The van der Waals surface area contributed by atoms with Crippen LogP contribution < -0.4 is 4.74 Å². The van der Waals surface area contributed by atoms with E-state index in [1.165, 1.54) is 17.8 Å². The van der Waals surface area contributed by atoms with Crippen molar-refractivity contribution >= 4 is 11.3 Å². The van der Waals surface area contributed by atoms with Gasteiger partial charge in [0, 0.05) is 23.3 Å². The molecule has 2 aliphatic heterocycles. The van der Waals surface area contributed by atoms with Crippen LogP contribution in [-0.4, -0.2) is 47.3 Å². The van der Waals surface area contributed by atoms with Crippen LogP contribution in [0, 0.1) is 12.3 Å². The molecular weight excluding hydrogens is 334 g/mol. The Morgan fingerprint density at radius 3 is 2.96 bits per heavy atom. The number of aromatic nitrogens is 2. The van der Waals surface area contributed by atoms with Gasteiger partial charge in [-0.3, -0.25) is 4.90 Å². The predicted molar refractivity (Wildman–Crippen MR) is 97.9 cm³/mol. The van der Waals surface area contributed by atoms with Crippen molar-refractivity contribution in [1.82, 2.24) is 14.9 Å². The molecule has 0 amide bonds. The molecule has 2 aliphatic rings. The first-order chi connectivity index (χ1) is 12.2. The topological polar surface area (TPSA) is 47.5 Å². The van der Waals surface area contributed by atoms with Gasteiger partial charge < -0.3 is 9.47 Å². The van der Waals surface area contributed by atoms with Gasteiger partial charge in [0.2, 0.25) is 5.88 Å². The summed E-state index contributed by atoms with van der Waals surface area (Å²) in [7, 11) is 0. The molecule has 0 bridgehead atoms. The highest BCUT2D eigenvalue weighted by atomic mass is 32.1. The largest absolute Gasteiger partial charge is 0.475 e. The van der Waals surface area contributed by atoms with Crippen LogP contribution in [0.5, 0.6) is 5.88 Å². The lowest BCUT2D eigenvalue weighted by atomic mass is 9.77. The number of likely N-dealkylation sites (tertiary alicyclic amines) is 1. The molecule has 1 atom stereocenters. The number of piperidine rings is 1. The van der Waals surface area contributed by atoms with Gasteiger partial charge in [-0.15, -0.1) is 11.3 Å². The van der Waals surface area contributed by atoms with Gasteiger partial charge in [0.25, 0.3) is 0 Å². The molecule has 1 spiro atoms. The smallest absolute Gasteiger partial charge is 0.213 e. The van der Waals surface area contributed by atoms with Gasteiger partial charge in [0.05, 0.1) is 19.3 Å². The molecule has 0 saturated carbocycles. The number of hydrogen-bond donors (Lipinski definition) is 0. The van der Waals surface area contributed by atoms with E-state index in [4.69, 9.17) is 9.47 Å². The maximum atomic E-state index is 6.04. The zero-order valence-corrected chi connectivity index (χ0v) is 15.5. The third-order valence-corrected chi connectivity index (χ3v) is 6.23. The minimum atomic E-state index is 0.190. The lowest BCUT2D eigenvalue weighted by Gasteiger charge is -2.38. The summed E-state index contributed by atoms with van der Waals surface area (Å²) in [6.07, 6.45) is 5.46. The van der Waals surface area contributed by atoms with Crippen LogP contribution in [0.15, 0.2) is 29.8 Å². The van der Waals surface area contributed by atoms with Crippen molar-refractivity contribution in [2.24, 2.45) is 5.41 Å². The van der Waals surface area contributed by atoms with Crippen molar-refractivity contribution in [2.75, 3.05) is 26.3 Å². The first-order valence-corrected chi connectivity index (χ1v) is 9.88. The lowest BCUT2D eigenvalue weighted by molar-refractivity contribution is 0.0462. The number of rotatable bonds is 5. The highest BCUT2D eigenvalue weighted by Crippen LogP contribution is 2.42. The molecule has 6 heteroatoms. The molecule has 0 aromatic carbocycles. The summed E-state index contributed by atoms with van der Waals surface area (Å²) < 4.78 is 11.8. The van der Waals surface area contributed by atoms with Gasteiger partial charge >= 0.3 is 0 Å². The van der Waals surface area contributed by atoms with Crippen LogP contribution in [0.25, 0.3) is 0 Å². The summed E-state index contributed by atoms with van der Waals surface area (Å²) in [4.78, 5) is 11.3. The van der Waals surface area contributed by atoms with Crippen LogP contribution in [0.1, 0.15) is 30.0 Å². The van der Waals surface area contributed by atoms with Gasteiger partial charge in [-0.25, -0.2) is 9.97 Å². The van der Waals surface area contributed by atoms with Crippen molar-refractivity contribution in [2.45, 2.75) is 38.8 Å². The van der Waals surface area contributed by atoms with Crippen LogP contribution in [0.3, 0.4) is 0 Å². The summed E-state index contributed by atoms with van der Waals surface area (Å²) in [5.74, 6) is 0.681. The summed E-state index contributed by atoms with van der Waals surface area (Å²) in [5, 5.41) is 3.37. The third kappa shape index (κ3) is 4.19. The molecule has 0 radical (unpaired) electrons. The second kappa shape index (κ2) is 7.40. The van der Waals surface area contributed by atoms with E-state index in [1.807, 2.05) is 18.2 Å². The standard InChI is InChI=1S/C19H25N3O2S/c1-15-13-25-18(21-15)11-22-8-5-19(6-9-22)10-16(24-14-19)12-23-17-4-2-3-7-20-17/h2-4,7,13,16H,5-6,8-12,14H2,1H3/t16-/m0/s1. The van der Waals surface area contributed by atoms with E-state index in [1.54, 1.807) is 17.5 Å². The number of pyridine rings is 1. The fraction of sp³-hybridized carbons (Fsp3) is 0.579. The molecular formula is C19H25N3O2S. The zero-order chi connectivity index (χ0) is 17.1. The van der Waals surface area contributed by atoms with E-state index in [2.05, 4.69) is 27.2 Å². The third-order valence-electron chi connectivity index (χ3n) is 5.28. The Kier molecular flexibility index (Phi) is 5.01. The summed E-state index contributed by atoms with van der Waals surface area (Å²) >= 11 is 1.77. The van der Waals surface area contributed by atoms with Crippen LogP contribution in [0.4, 0.5) is 0 Å². The van der Waals surface area contributed by atoms with Gasteiger partial charge in [0.1, 0.15) is 11.6 Å². The number of aryl methyl sites for hydroxylation is 1. The second-order valence-corrected chi connectivity index (χ2v) is 8.22. The van der Waals surface area contributed by atoms with E-state index in [0.29, 0.717) is 17.9 Å². The van der Waals surface area contributed by atoms with Crippen molar-refractivity contribution in [3.8, 4) is 5.88 Å². The fourth-order valence-corrected chi connectivity index (χ4v) is 4.63. The SMILES string of the molecule is Cc1csc(CN2CCC3(CC2)CO[C@H](COc2ccccn2)C3)n1. The van der Waals surface area contributed by atoms with Crippen molar-refractivity contribution in [3.05, 3.63) is 40.5 Å². The Bertz CT molecular complexity index is 683. The van der Waals surface area contributed by atoms with Gasteiger partial charge in [-0.05, 0) is 50.8 Å². The zero-order valence-electron chi connectivity index (χ0n) is 14.7. The van der Waals surface area contributed by atoms with Crippen LogP contribution in [0.2, 0.25) is 0 Å². The molecule has 25 heavy (non-hydrogen) atoms. The fourth-order valence-electron chi connectivity index (χ4n) is 3.81. The summed E-state index contributed by atoms with van der Waals surface area (Å²) in [6.45, 7) is 6.79. The molecule has 0 unspecified atom stereocenters. The van der Waals surface area contributed by atoms with Gasteiger partial charge in [-0.1, -0.05) is 6.07 Å². The Hall–Kier alpha value is -1.50. The minimum absolute atomic E-state index is 0.190. The Morgan fingerprint density at radius 2 is 2.24 bits per heavy atom. The van der Waals surface area contributed by atoms with Crippen molar-refractivity contribution in [3.63, 3.8) is 0 Å². The highest BCUT2D eigenvalue weighted by molar-refractivity contribution is 7.09. The van der Waals surface area contributed by atoms with Gasteiger partial charge in [0.15, 0.2) is 0 Å². The highest BCUT2D eigenvalue weighted by Gasteiger charge is 2.42. The molecule has 2 saturated heterocycles. The Balaban J connectivity index is 1.24. The van der Waals surface area contributed by atoms with Crippen LogP contribution >= 0.6 is 11.3 Å². The molecule has 134 valence electrons. The first kappa shape index (κ1) is 16.9. The number of thiazole rings is 1. The van der Waals surface area contributed by atoms with Crippen LogP contribution in [-0.2, 0) is 11.3 Å². The maximum Gasteiger partial charge on any atom is 0.213 e. The molecule has 0 N–H and O–H groups in total. The molecule has 2 aromatic rings. The van der Waals surface area contributed by atoms with E-state index in [-0.39, 0.29) is 6.10 Å². The average molecular weight is 359 g/mol. The molecule has 4 rings (SSSR count). The molecule has 5 nitrogen and oxygen atoms in total. The monoisotopic (exact) mass is 359 g/mol. The van der Waals surface area contributed by atoms with E-state index in [9.17, 15) is 0 Å². The minimum Gasteiger partial charge on any atom is -0.475 e. The summed E-state index contributed by atoms with van der Waals surface area (Å²) in [5.41, 5.74) is 1.47. The van der Waals surface area contributed by atoms with E-state index >= 15 is 0 Å². The maximum absolute atomic E-state index is 6.04. The molecule has 2 fully saturated rings. The van der Waals surface area contributed by atoms with Gasteiger partial charge in [-0.2, -0.15) is 0 Å². The normalized spacial score (nSPS) is 23.2. The average Bonchev–Trinajstić information content (AvgIpc) is 3.23.